The standard InChI is InChI=1S/C59H40N2O/c1-59(2)51-24-10-9-22-47(51)48-28-26-42(35-52(48)59)45-31-44(41-27-29-55-50(34-41)49-23-12-18-38-19-13-25-56(62-55)57(38)49)32-46(33-45)54-36-53(60-58(61-54)39-16-7-4-8-17-39)43-21-11-20-40(30-43)37-14-5-3-6-15-37/h3-36H,1-2H3. The molecule has 0 unspecified atom stereocenters. The van der Waals surface area contributed by atoms with Crippen molar-refractivity contribution < 1.29 is 4.74 Å². The van der Waals surface area contributed by atoms with Crippen LogP contribution < -0.4 is 4.74 Å². The summed E-state index contributed by atoms with van der Waals surface area (Å²) in [7, 11) is 0. The second-order valence-corrected chi connectivity index (χ2v) is 17.0. The maximum absolute atomic E-state index is 6.55. The molecule has 62 heavy (non-hydrogen) atoms. The van der Waals surface area contributed by atoms with Gasteiger partial charge in [0, 0.05) is 33.1 Å². The summed E-state index contributed by atoms with van der Waals surface area (Å²) in [6, 6.07) is 73.8. The maximum Gasteiger partial charge on any atom is 0.160 e. The number of ether oxygens (including phenoxy) is 1. The second kappa shape index (κ2) is 14.1. The van der Waals surface area contributed by atoms with Crippen molar-refractivity contribution in [3.63, 3.8) is 0 Å². The van der Waals surface area contributed by atoms with Crippen LogP contribution >= 0.6 is 0 Å². The van der Waals surface area contributed by atoms with Crippen LogP contribution in [0, 0.1) is 0 Å². The summed E-state index contributed by atoms with van der Waals surface area (Å²) in [5, 5.41) is 2.32. The van der Waals surface area contributed by atoms with Crippen LogP contribution in [0.2, 0.25) is 0 Å². The predicted octanol–water partition coefficient (Wildman–Crippen LogP) is 15.7. The topological polar surface area (TPSA) is 35.0 Å². The molecule has 1 aromatic heterocycles. The molecule has 2 aliphatic rings. The van der Waals surface area contributed by atoms with Gasteiger partial charge in [0.2, 0.25) is 0 Å². The summed E-state index contributed by atoms with van der Waals surface area (Å²) in [6.07, 6.45) is 0. The van der Waals surface area contributed by atoms with E-state index in [4.69, 9.17) is 14.7 Å². The van der Waals surface area contributed by atoms with Crippen molar-refractivity contribution in [1.82, 2.24) is 9.97 Å². The molecule has 3 heteroatoms. The number of aromatic nitrogens is 2. The fourth-order valence-electron chi connectivity index (χ4n) is 9.68. The lowest BCUT2D eigenvalue weighted by Crippen LogP contribution is -2.14. The van der Waals surface area contributed by atoms with Crippen molar-refractivity contribution in [2.45, 2.75) is 19.3 Å². The molecule has 0 N–H and O–H groups in total. The van der Waals surface area contributed by atoms with Gasteiger partial charge in [0.05, 0.1) is 11.4 Å². The SMILES string of the molecule is CC1(C)c2ccccc2-c2ccc(-c3cc(-c4ccc5c(c4)-c4cccc6cccc(c46)O5)cc(-c4cc(-c5cccc(-c6ccccc6)c5)nc(-c5ccccc5)n4)c3)cc21. The Morgan fingerprint density at radius 1 is 0.339 bits per heavy atom. The van der Waals surface area contributed by atoms with Gasteiger partial charge in [-0.3, -0.25) is 0 Å². The Bertz CT molecular complexity index is 3400. The molecule has 1 aliphatic carbocycles. The first-order valence-electron chi connectivity index (χ1n) is 21.3. The highest BCUT2D eigenvalue weighted by Gasteiger charge is 2.35. The van der Waals surface area contributed by atoms with Crippen molar-refractivity contribution in [2.75, 3.05) is 0 Å². The van der Waals surface area contributed by atoms with Gasteiger partial charge in [0.1, 0.15) is 11.5 Å². The van der Waals surface area contributed by atoms with E-state index in [0.29, 0.717) is 5.82 Å². The highest BCUT2D eigenvalue weighted by molar-refractivity contribution is 6.04. The van der Waals surface area contributed by atoms with E-state index in [-0.39, 0.29) is 5.41 Å². The summed E-state index contributed by atoms with van der Waals surface area (Å²) in [6.45, 7) is 4.69. The Hall–Kier alpha value is -7.88. The van der Waals surface area contributed by atoms with E-state index in [0.717, 1.165) is 72.8 Å². The zero-order valence-electron chi connectivity index (χ0n) is 34.4. The monoisotopic (exact) mass is 792 g/mol. The first-order chi connectivity index (χ1) is 30.4. The van der Waals surface area contributed by atoms with Crippen LogP contribution in [0.3, 0.4) is 0 Å². The highest BCUT2D eigenvalue weighted by Crippen LogP contribution is 2.51. The van der Waals surface area contributed by atoms with E-state index in [1.54, 1.807) is 0 Å². The summed E-state index contributed by atoms with van der Waals surface area (Å²) in [5.74, 6) is 2.44. The quantitative estimate of drug-likeness (QED) is 0.168. The number of hydrogen-bond acceptors (Lipinski definition) is 3. The molecule has 2 heterocycles. The third-order valence-electron chi connectivity index (χ3n) is 12.9. The molecule has 0 spiro atoms. The molecular formula is C59H40N2O. The Kier molecular flexibility index (Phi) is 8.20. The fraction of sp³-hybridized carbons (Fsp3) is 0.0508. The molecule has 3 nitrogen and oxygen atoms in total. The van der Waals surface area contributed by atoms with Crippen molar-refractivity contribution in [1.29, 1.82) is 0 Å². The number of rotatable bonds is 6. The van der Waals surface area contributed by atoms with Crippen LogP contribution in [-0.4, -0.2) is 9.97 Å². The molecule has 0 amide bonds. The molecule has 0 fully saturated rings. The van der Waals surface area contributed by atoms with Crippen LogP contribution in [0.4, 0.5) is 0 Å². The van der Waals surface area contributed by atoms with Crippen molar-refractivity contribution >= 4 is 10.8 Å². The third kappa shape index (κ3) is 5.96. The molecule has 10 aromatic rings. The van der Waals surface area contributed by atoms with E-state index in [1.807, 2.05) is 18.2 Å². The summed E-state index contributed by atoms with van der Waals surface area (Å²) in [4.78, 5) is 10.6. The predicted molar refractivity (Wildman–Crippen MR) is 255 cm³/mol. The van der Waals surface area contributed by atoms with Crippen LogP contribution in [0.25, 0.3) is 100 Å². The van der Waals surface area contributed by atoms with E-state index in [1.165, 1.54) is 44.3 Å². The van der Waals surface area contributed by atoms with Crippen molar-refractivity contribution in [3.05, 3.63) is 217 Å². The maximum atomic E-state index is 6.55. The minimum absolute atomic E-state index is 0.126. The van der Waals surface area contributed by atoms with Crippen molar-refractivity contribution in [3.8, 4) is 101 Å². The van der Waals surface area contributed by atoms with E-state index >= 15 is 0 Å². The van der Waals surface area contributed by atoms with Gasteiger partial charge in [-0.2, -0.15) is 0 Å². The van der Waals surface area contributed by atoms with E-state index in [2.05, 4.69) is 202 Å². The molecule has 0 radical (unpaired) electrons. The molecule has 12 rings (SSSR count). The van der Waals surface area contributed by atoms with Crippen LogP contribution in [-0.2, 0) is 5.41 Å². The molecule has 0 bridgehead atoms. The smallest absolute Gasteiger partial charge is 0.160 e. The normalized spacial score (nSPS) is 12.9. The van der Waals surface area contributed by atoms with Crippen LogP contribution in [0.5, 0.6) is 11.5 Å². The van der Waals surface area contributed by atoms with Crippen LogP contribution in [0.1, 0.15) is 25.0 Å². The lowest BCUT2D eigenvalue weighted by molar-refractivity contribution is 0.487. The molecule has 0 saturated carbocycles. The van der Waals surface area contributed by atoms with Crippen molar-refractivity contribution in [2.24, 2.45) is 0 Å². The molecular weight excluding hydrogens is 753 g/mol. The van der Waals surface area contributed by atoms with E-state index in [9.17, 15) is 0 Å². The Labute approximate surface area is 361 Å². The molecule has 9 aromatic carbocycles. The molecule has 292 valence electrons. The number of nitrogens with zero attached hydrogens (tertiary/aromatic N) is 2. The zero-order chi connectivity index (χ0) is 41.4. The van der Waals surface area contributed by atoms with Gasteiger partial charge in [-0.1, -0.05) is 166 Å². The Morgan fingerprint density at radius 2 is 0.903 bits per heavy atom. The molecule has 0 saturated heterocycles. The minimum atomic E-state index is -0.126. The van der Waals surface area contributed by atoms with Gasteiger partial charge in [-0.25, -0.2) is 9.97 Å². The Morgan fingerprint density at radius 3 is 1.71 bits per heavy atom. The summed E-state index contributed by atoms with van der Waals surface area (Å²) >= 11 is 0. The summed E-state index contributed by atoms with van der Waals surface area (Å²) < 4.78 is 6.55. The Balaban J connectivity index is 1.06. The van der Waals surface area contributed by atoms with E-state index < -0.39 is 0 Å². The highest BCUT2D eigenvalue weighted by atomic mass is 16.5. The second-order valence-electron chi connectivity index (χ2n) is 17.0. The lowest BCUT2D eigenvalue weighted by atomic mass is 9.81. The van der Waals surface area contributed by atoms with Gasteiger partial charge >= 0.3 is 0 Å². The average molecular weight is 793 g/mol. The molecule has 1 aliphatic heterocycles. The first-order valence-corrected chi connectivity index (χ1v) is 21.3. The number of hydrogen-bond donors (Lipinski definition) is 0. The number of fused-ring (bicyclic) bond motifs is 5. The van der Waals surface area contributed by atoms with Crippen LogP contribution in [0.15, 0.2) is 206 Å². The molecule has 0 atom stereocenters. The first kappa shape index (κ1) is 36.0. The van der Waals surface area contributed by atoms with Gasteiger partial charge in [0.25, 0.3) is 0 Å². The number of benzene rings is 9. The average Bonchev–Trinajstić information content (AvgIpc) is 3.57. The summed E-state index contributed by atoms with van der Waals surface area (Å²) in [5.41, 5.74) is 19.0. The minimum Gasteiger partial charge on any atom is -0.456 e. The van der Waals surface area contributed by atoms with Gasteiger partial charge in [-0.05, 0) is 121 Å². The third-order valence-corrected chi connectivity index (χ3v) is 12.9. The van der Waals surface area contributed by atoms with Gasteiger partial charge < -0.3 is 4.74 Å². The lowest BCUT2D eigenvalue weighted by Gasteiger charge is -2.22. The fourth-order valence-corrected chi connectivity index (χ4v) is 9.68. The van der Waals surface area contributed by atoms with Gasteiger partial charge in [0.15, 0.2) is 5.82 Å². The van der Waals surface area contributed by atoms with Gasteiger partial charge in [-0.15, -0.1) is 0 Å². The zero-order valence-corrected chi connectivity index (χ0v) is 34.4. The largest absolute Gasteiger partial charge is 0.456 e.